The van der Waals surface area contributed by atoms with E-state index >= 15 is 0 Å². The fourth-order valence-corrected chi connectivity index (χ4v) is 4.85. The number of fused-ring (bicyclic) bond motifs is 1. The van der Waals surface area contributed by atoms with Gasteiger partial charge in [-0.05, 0) is 93.5 Å². The molecule has 3 amide bonds. The van der Waals surface area contributed by atoms with Crippen molar-refractivity contribution in [3.8, 4) is 0 Å². The zero-order valence-corrected chi connectivity index (χ0v) is 23.9. The first-order valence-electron chi connectivity index (χ1n) is 13.8. The van der Waals surface area contributed by atoms with E-state index in [2.05, 4.69) is 10.6 Å². The average molecular weight is 546 g/mol. The Morgan fingerprint density at radius 3 is 2.27 bits per heavy atom. The number of anilines is 1. The van der Waals surface area contributed by atoms with E-state index in [9.17, 15) is 19.5 Å². The SMILES string of the molecule is Cc1ccc(C(C(=O)Nc2ccc3ccccc3c2)N(C(=O)C(CO)NC(=O)OC(C)(C)C)C2CCC2)cc1C. The predicted octanol–water partition coefficient (Wildman–Crippen LogP) is 5.40. The third-order valence-electron chi connectivity index (χ3n) is 7.28. The van der Waals surface area contributed by atoms with Crippen molar-refractivity contribution in [1.29, 1.82) is 0 Å². The summed E-state index contributed by atoms with van der Waals surface area (Å²) in [6, 6.07) is 16.8. The van der Waals surface area contributed by atoms with Crippen molar-refractivity contribution >= 4 is 34.4 Å². The lowest BCUT2D eigenvalue weighted by Gasteiger charge is -2.43. The van der Waals surface area contributed by atoms with E-state index in [1.807, 2.05) is 74.5 Å². The number of hydrogen-bond donors (Lipinski definition) is 3. The Bertz CT molecular complexity index is 1390. The van der Waals surface area contributed by atoms with Crippen molar-refractivity contribution in [1.82, 2.24) is 10.2 Å². The van der Waals surface area contributed by atoms with Crippen LogP contribution in [-0.4, -0.2) is 52.2 Å². The summed E-state index contributed by atoms with van der Waals surface area (Å²) in [5.41, 5.74) is 2.56. The van der Waals surface area contributed by atoms with Crippen LogP contribution in [0.3, 0.4) is 0 Å². The zero-order valence-electron chi connectivity index (χ0n) is 23.9. The molecule has 0 bridgehead atoms. The smallest absolute Gasteiger partial charge is 0.408 e. The number of amides is 3. The number of alkyl carbamates (subject to hydrolysis) is 1. The molecule has 1 fully saturated rings. The number of ether oxygens (including phenoxy) is 1. The van der Waals surface area contributed by atoms with Crippen molar-refractivity contribution < 1.29 is 24.2 Å². The molecule has 212 valence electrons. The molecule has 1 aliphatic rings. The zero-order chi connectivity index (χ0) is 29.0. The van der Waals surface area contributed by atoms with Gasteiger partial charge in [0.25, 0.3) is 5.91 Å². The van der Waals surface area contributed by atoms with E-state index in [1.165, 1.54) is 0 Å². The van der Waals surface area contributed by atoms with Gasteiger partial charge in [-0.1, -0.05) is 48.5 Å². The molecule has 2 atom stereocenters. The number of hydrogen-bond acceptors (Lipinski definition) is 5. The molecule has 40 heavy (non-hydrogen) atoms. The number of rotatable bonds is 8. The molecule has 0 aliphatic heterocycles. The van der Waals surface area contributed by atoms with E-state index in [0.29, 0.717) is 11.3 Å². The maximum atomic E-state index is 14.1. The number of nitrogens with zero attached hydrogens (tertiary/aromatic N) is 1. The molecule has 3 aromatic rings. The first-order valence-corrected chi connectivity index (χ1v) is 13.8. The maximum absolute atomic E-state index is 14.1. The minimum Gasteiger partial charge on any atom is -0.444 e. The van der Waals surface area contributed by atoms with Crippen LogP contribution in [0.5, 0.6) is 0 Å². The quantitative estimate of drug-likeness (QED) is 0.351. The van der Waals surface area contributed by atoms with Crippen LogP contribution in [0.2, 0.25) is 0 Å². The molecular formula is C32H39N3O5. The second-order valence-electron chi connectivity index (χ2n) is 11.5. The first kappa shape index (κ1) is 29.1. The van der Waals surface area contributed by atoms with Crippen LogP contribution in [0.15, 0.2) is 60.7 Å². The van der Waals surface area contributed by atoms with Gasteiger partial charge in [-0.3, -0.25) is 9.59 Å². The summed E-state index contributed by atoms with van der Waals surface area (Å²) in [6.45, 7) is 8.48. The number of aryl methyl sites for hydroxylation is 2. The second kappa shape index (κ2) is 12.1. The lowest BCUT2D eigenvalue weighted by molar-refractivity contribution is -0.146. The molecule has 1 aliphatic carbocycles. The first-order chi connectivity index (χ1) is 19.0. The molecule has 1 saturated carbocycles. The molecule has 8 heteroatoms. The van der Waals surface area contributed by atoms with Crippen LogP contribution in [0.25, 0.3) is 10.8 Å². The summed E-state index contributed by atoms with van der Waals surface area (Å²) in [6.07, 6.45) is 1.56. The lowest BCUT2D eigenvalue weighted by Crippen LogP contribution is -2.58. The van der Waals surface area contributed by atoms with Crippen LogP contribution < -0.4 is 10.6 Å². The number of aliphatic hydroxyl groups is 1. The molecule has 0 radical (unpaired) electrons. The molecular weight excluding hydrogens is 506 g/mol. The Morgan fingerprint density at radius 1 is 0.975 bits per heavy atom. The fraction of sp³-hybridized carbons (Fsp3) is 0.406. The fourth-order valence-electron chi connectivity index (χ4n) is 4.85. The number of carbonyl (C=O) groups is 3. The Balaban J connectivity index is 1.71. The maximum Gasteiger partial charge on any atom is 0.408 e. The monoisotopic (exact) mass is 545 g/mol. The van der Waals surface area contributed by atoms with Crippen LogP contribution in [0.4, 0.5) is 10.5 Å². The minimum atomic E-state index is -1.27. The van der Waals surface area contributed by atoms with Gasteiger partial charge < -0.3 is 25.4 Å². The molecule has 0 saturated heterocycles. The predicted molar refractivity (Wildman–Crippen MR) is 156 cm³/mol. The molecule has 2 unspecified atom stereocenters. The molecule has 3 aromatic carbocycles. The van der Waals surface area contributed by atoms with Crippen LogP contribution >= 0.6 is 0 Å². The summed E-state index contributed by atoms with van der Waals surface area (Å²) >= 11 is 0. The number of nitrogens with one attached hydrogen (secondary N) is 2. The highest BCUT2D eigenvalue weighted by atomic mass is 16.6. The third-order valence-corrected chi connectivity index (χ3v) is 7.28. The van der Waals surface area contributed by atoms with Gasteiger partial charge in [-0.2, -0.15) is 0 Å². The van der Waals surface area contributed by atoms with Gasteiger partial charge in [0.15, 0.2) is 0 Å². The normalized spacial score (nSPS) is 15.1. The standard InChI is InChI=1S/C32H39N3O5/c1-20-13-14-24(17-21(20)2)28(29(37)33-25-16-15-22-9-6-7-10-23(22)18-25)35(26-11-8-12-26)30(38)27(19-36)34-31(39)40-32(3,4)5/h6-7,9-10,13-18,26-28,36H,8,11-12,19H2,1-5H3,(H,33,37)(H,34,39). The highest BCUT2D eigenvalue weighted by molar-refractivity contribution is 6.00. The second-order valence-corrected chi connectivity index (χ2v) is 11.5. The van der Waals surface area contributed by atoms with E-state index in [4.69, 9.17) is 4.74 Å². The van der Waals surface area contributed by atoms with Crippen LogP contribution in [-0.2, 0) is 14.3 Å². The summed E-state index contributed by atoms with van der Waals surface area (Å²) in [4.78, 5) is 42.2. The van der Waals surface area contributed by atoms with Crippen molar-refractivity contribution in [2.45, 2.75) is 77.6 Å². The number of carbonyl (C=O) groups excluding carboxylic acids is 3. The minimum absolute atomic E-state index is 0.212. The van der Waals surface area contributed by atoms with E-state index in [0.717, 1.165) is 41.2 Å². The van der Waals surface area contributed by atoms with Crippen molar-refractivity contribution in [2.24, 2.45) is 0 Å². The highest BCUT2D eigenvalue weighted by Crippen LogP contribution is 2.35. The molecule has 0 heterocycles. The molecule has 0 aromatic heterocycles. The number of aliphatic hydroxyl groups excluding tert-OH is 1. The summed E-state index contributed by atoms with van der Waals surface area (Å²) < 4.78 is 5.33. The van der Waals surface area contributed by atoms with E-state index < -0.39 is 36.3 Å². The summed E-state index contributed by atoms with van der Waals surface area (Å²) in [7, 11) is 0. The van der Waals surface area contributed by atoms with Crippen LogP contribution in [0, 0.1) is 13.8 Å². The molecule has 8 nitrogen and oxygen atoms in total. The van der Waals surface area contributed by atoms with Gasteiger partial charge in [-0.25, -0.2) is 4.79 Å². The van der Waals surface area contributed by atoms with Crippen LogP contribution in [0.1, 0.15) is 62.8 Å². The summed E-state index contributed by atoms with van der Waals surface area (Å²) in [5, 5.41) is 17.7. The molecule has 0 spiro atoms. The molecule has 4 rings (SSSR count). The highest BCUT2D eigenvalue weighted by Gasteiger charge is 2.42. The lowest BCUT2D eigenvalue weighted by atomic mass is 9.87. The van der Waals surface area contributed by atoms with E-state index in [-0.39, 0.29) is 11.9 Å². The van der Waals surface area contributed by atoms with Crippen molar-refractivity contribution in [3.63, 3.8) is 0 Å². The topological polar surface area (TPSA) is 108 Å². The average Bonchev–Trinajstić information content (AvgIpc) is 2.86. The van der Waals surface area contributed by atoms with Gasteiger partial charge in [0.2, 0.25) is 5.91 Å². The van der Waals surface area contributed by atoms with Gasteiger partial charge in [0, 0.05) is 11.7 Å². The largest absolute Gasteiger partial charge is 0.444 e. The Hall–Kier alpha value is -3.91. The van der Waals surface area contributed by atoms with Crippen molar-refractivity contribution in [2.75, 3.05) is 11.9 Å². The molecule has 3 N–H and O–H groups in total. The van der Waals surface area contributed by atoms with E-state index in [1.54, 1.807) is 25.7 Å². The Morgan fingerprint density at radius 2 is 1.68 bits per heavy atom. The number of benzene rings is 3. The van der Waals surface area contributed by atoms with Gasteiger partial charge in [0.05, 0.1) is 6.61 Å². The Labute approximate surface area is 235 Å². The van der Waals surface area contributed by atoms with Gasteiger partial charge >= 0.3 is 6.09 Å². The van der Waals surface area contributed by atoms with Crippen molar-refractivity contribution in [3.05, 3.63) is 77.4 Å². The third kappa shape index (κ3) is 6.80. The van der Waals surface area contributed by atoms with Gasteiger partial charge in [0.1, 0.15) is 17.7 Å². The van der Waals surface area contributed by atoms with Gasteiger partial charge in [-0.15, -0.1) is 0 Å². The Kier molecular flexibility index (Phi) is 8.79. The summed E-state index contributed by atoms with van der Waals surface area (Å²) in [5.74, 6) is -0.900.